The third kappa shape index (κ3) is 3.35. The van der Waals surface area contributed by atoms with Gasteiger partial charge in [-0.1, -0.05) is 60.7 Å². The summed E-state index contributed by atoms with van der Waals surface area (Å²) in [6, 6.07) is 23.9. The van der Waals surface area contributed by atoms with Crippen molar-refractivity contribution >= 4 is 10.8 Å². The summed E-state index contributed by atoms with van der Waals surface area (Å²) >= 11 is 0. The molecule has 0 unspecified atom stereocenters. The van der Waals surface area contributed by atoms with Gasteiger partial charge in [-0.3, -0.25) is 10.6 Å². The lowest BCUT2D eigenvalue weighted by Crippen LogP contribution is -2.46. The monoisotopic (exact) mass is 355 g/mol. The molecule has 136 valence electrons. The van der Waals surface area contributed by atoms with E-state index in [1.54, 1.807) is 0 Å². The lowest BCUT2D eigenvalue weighted by atomic mass is 9.88. The molecule has 2 N–H and O–H groups in total. The lowest BCUT2D eigenvalue weighted by molar-refractivity contribution is 0.350. The predicted octanol–water partition coefficient (Wildman–Crippen LogP) is 4.19. The van der Waals surface area contributed by atoms with Crippen LogP contribution in [0.3, 0.4) is 0 Å². The van der Waals surface area contributed by atoms with Gasteiger partial charge >= 0.3 is 0 Å². The van der Waals surface area contributed by atoms with E-state index < -0.39 is 5.66 Å². The van der Waals surface area contributed by atoms with Crippen LogP contribution in [-0.4, -0.2) is 13.1 Å². The molecule has 3 heteroatoms. The second-order valence-corrected chi connectivity index (χ2v) is 7.33. The molecule has 0 radical (unpaired) electrons. The van der Waals surface area contributed by atoms with Crippen LogP contribution in [0.2, 0.25) is 0 Å². The highest BCUT2D eigenvalue weighted by atomic mass is 15.2. The van der Waals surface area contributed by atoms with Crippen molar-refractivity contribution in [2.75, 3.05) is 13.1 Å². The van der Waals surface area contributed by atoms with E-state index >= 15 is 0 Å². The van der Waals surface area contributed by atoms with E-state index in [-0.39, 0.29) is 0 Å². The van der Waals surface area contributed by atoms with Gasteiger partial charge in [-0.15, -0.1) is 0 Å². The second kappa shape index (κ2) is 7.52. The molecule has 0 saturated carbocycles. The zero-order valence-corrected chi connectivity index (χ0v) is 15.8. The number of rotatable bonds is 5. The molecule has 27 heavy (non-hydrogen) atoms. The highest BCUT2D eigenvalue weighted by Crippen LogP contribution is 2.30. The van der Waals surface area contributed by atoms with Crippen LogP contribution in [0.25, 0.3) is 10.8 Å². The van der Waals surface area contributed by atoms with Gasteiger partial charge in [0.1, 0.15) is 5.66 Å². The molecule has 0 aliphatic carbocycles. The maximum Gasteiger partial charge on any atom is 0.109 e. The molecular weight excluding hydrogens is 330 g/mol. The average Bonchev–Trinajstić information content (AvgIpc) is 3.17. The molecule has 1 aliphatic rings. The number of hydrogen-bond acceptors (Lipinski definition) is 3. The largest absolute Gasteiger partial charge is 0.293 e. The molecular formula is C24H25N3. The minimum absolute atomic E-state index is 0.418. The molecule has 0 spiro atoms. The molecule has 1 aliphatic heterocycles. The predicted molar refractivity (Wildman–Crippen MR) is 110 cm³/mol. The molecule has 3 nitrogen and oxygen atoms in total. The standard InChI is InChI=1S/C24H25N3/c1-18-10-11-19-6-2-4-8-22(19)21(18)13-12-20-7-3-5-9-23(20)24(14-15-25)26-16-17-27-24/h2-11,26-27H,12-14,16-17H2,1H3. The third-order valence-electron chi connectivity index (χ3n) is 5.72. The van der Waals surface area contributed by atoms with Gasteiger partial charge in [0.05, 0.1) is 12.5 Å². The van der Waals surface area contributed by atoms with Crippen molar-refractivity contribution in [1.82, 2.24) is 10.6 Å². The number of nitriles is 1. The van der Waals surface area contributed by atoms with Gasteiger partial charge in [-0.05, 0) is 52.8 Å². The Labute approximate surface area is 161 Å². The maximum atomic E-state index is 9.38. The quantitative estimate of drug-likeness (QED) is 0.721. The van der Waals surface area contributed by atoms with Gasteiger partial charge < -0.3 is 0 Å². The Kier molecular flexibility index (Phi) is 4.94. The fourth-order valence-corrected chi connectivity index (χ4v) is 4.33. The molecule has 4 rings (SSSR count). The van der Waals surface area contributed by atoms with Crippen molar-refractivity contribution in [2.24, 2.45) is 0 Å². The van der Waals surface area contributed by atoms with Gasteiger partial charge in [0.15, 0.2) is 0 Å². The Morgan fingerprint density at radius 1 is 0.926 bits per heavy atom. The van der Waals surface area contributed by atoms with Gasteiger partial charge in [0, 0.05) is 13.1 Å². The zero-order valence-electron chi connectivity index (χ0n) is 15.8. The summed E-state index contributed by atoms with van der Waals surface area (Å²) in [5.41, 5.74) is 4.86. The fourth-order valence-electron chi connectivity index (χ4n) is 4.33. The summed E-state index contributed by atoms with van der Waals surface area (Å²) in [6.45, 7) is 3.97. The summed E-state index contributed by atoms with van der Waals surface area (Å²) < 4.78 is 0. The van der Waals surface area contributed by atoms with Gasteiger partial charge in [-0.25, -0.2) is 0 Å². The lowest BCUT2D eigenvalue weighted by Gasteiger charge is -2.30. The fraction of sp³-hybridized carbons (Fsp3) is 0.292. The summed E-state index contributed by atoms with van der Waals surface area (Å²) in [6.07, 6.45) is 2.38. The molecule has 0 bridgehead atoms. The van der Waals surface area contributed by atoms with Crippen LogP contribution >= 0.6 is 0 Å². The maximum absolute atomic E-state index is 9.38. The highest BCUT2D eigenvalue weighted by Gasteiger charge is 2.36. The molecule has 1 heterocycles. The molecule has 3 aromatic rings. The molecule has 0 amide bonds. The van der Waals surface area contributed by atoms with Gasteiger partial charge in [-0.2, -0.15) is 5.26 Å². The van der Waals surface area contributed by atoms with E-state index in [0.717, 1.165) is 25.9 Å². The van der Waals surface area contributed by atoms with Crippen molar-refractivity contribution in [2.45, 2.75) is 31.8 Å². The van der Waals surface area contributed by atoms with Crippen molar-refractivity contribution in [3.05, 3.63) is 82.9 Å². The van der Waals surface area contributed by atoms with Crippen molar-refractivity contribution in [1.29, 1.82) is 5.26 Å². The van der Waals surface area contributed by atoms with E-state index in [1.807, 2.05) is 0 Å². The van der Waals surface area contributed by atoms with Crippen molar-refractivity contribution in [3.63, 3.8) is 0 Å². The Bertz CT molecular complexity index is 994. The molecule has 0 aromatic heterocycles. The molecule has 0 atom stereocenters. The van der Waals surface area contributed by atoms with Crippen LogP contribution in [0.15, 0.2) is 60.7 Å². The first kappa shape index (κ1) is 17.7. The zero-order chi connectivity index (χ0) is 18.7. The first-order valence-electron chi connectivity index (χ1n) is 9.66. The molecule has 1 fully saturated rings. The SMILES string of the molecule is Cc1ccc2ccccc2c1CCc1ccccc1C1(CC#N)NCCN1. The number of fused-ring (bicyclic) bond motifs is 1. The van der Waals surface area contributed by atoms with Crippen LogP contribution in [0.1, 0.15) is 28.7 Å². The average molecular weight is 355 g/mol. The van der Waals surface area contributed by atoms with Crippen LogP contribution in [0.4, 0.5) is 0 Å². The Balaban J connectivity index is 1.68. The first-order chi connectivity index (χ1) is 13.2. The Morgan fingerprint density at radius 2 is 1.67 bits per heavy atom. The normalized spacial score (nSPS) is 15.7. The van der Waals surface area contributed by atoms with Gasteiger partial charge in [0.25, 0.3) is 0 Å². The summed E-state index contributed by atoms with van der Waals surface area (Å²) in [4.78, 5) is 0. The topological polar surface area (TPSA) is 47.9 Å². The Morgan fingerprint density at radius 3 is 2.48 bits per heavy atom. The summed E-state index contributed by atoms with van der Waals surface area (Å²) in [5.74, 6) is 0. The molecule has 3 aromatic carbocycles. The number of benzene rings is 3. The number of hydrogen-bond donors (Lipinski definition) is 2. The summed E-state index contributed by atoms with van der Waals surface area (Å²) in [5, 5.41) is 19.1. The summed E-state index contributed by atoms with van der Waals surface area (Å²) in [7, 11) is 0. The number of aryl methyl sites for hydroxylation is 3. The van der Waals surface area contributed by atoms with E-state index in [9.17, 15) is 5.26 Å². The van der Waals surface area contributed by atoms with Crippen LogP contribution < -0.4 is 10.6 Å². The highest BCUT2D eigenvalue weighted by molar-refractivity contribution is 5.86. The first-order valence-corrected chi connectivity index (χ1v) is 9.66. The van der Waals surface area contributed by atoms with Crippen molar-refractivity contribution < 1.29 is 0 Å². The third-order valence-corrected chi connectivity index (χ3v) is 5.72. The number of nitrogens with one attached hydrogen (secondary N) is 2. The van der Waals surface area contributed by atoms with Crippen LogP contribution in [0, 0.1) is 18.3 Å². The minimum atomic E-state index is -0.418. The van der Waals surface area contributed by atoms with E-state index in [4.69, 9.17) is 0 Å². The van der Waals surface area contributed by atoms with Crippen LogP contribution in [0.5, 0.6) is 0 Å². The van der Waals surface area contributed by atoms with E-state index in [2.05, 4.69) is 84.3 Å². The van der Waals surface area contributed by atoms with Crippen LogP contribution in [-0.2, 0) is 18.5 Å². The Hall–Kier alpha value is -2.67. The number of nitrogens with zero attached hydrogens (tertiary/aromatic N) is 1. The molecule has 1 saturated heterocycles. The second-order valence-electron chi connectivity index (χ2n) is 7.33. The van der Waals surface area contributed by atoms with Gasteiger partial charge in [0.2, 0.25) is 0 Å². The van der Waals surface area contributed by atoms with E-state index in [0.29, 0.717) is 6.42 Å². The minimum Gasteiger partial charge on any atom is -0.293 e. The van der Waals surface area contributed by atoms with Crippen molar-refractivity contribution in [3.8, 4) is 6.07 Å². The van der Waals surface area contributed by atoms with E-state index in [1.165, 1.54) is 33.0 Å². The smallest absolute Gasteiger partial charge is 0.109 e.